The molecule has 11 heavy (non-hydrogen) atoms. The van der Waals surface area contributed by atoms with Gasteiger partial charge in [0.25, 0.3) is 0 Å². The van der Waals surface area contributed by atoms with Crippen molar-refractivity contribution in [3.63, 3.8) is 0 Å². The van der Waals surface area contributed by atoms with E-state index in [1.54, 1.807) is 0 Å². The molecule has 0 saturated heterocycles. The van der Waals surface area contributed by atoms with E-state index in [-0.39, 0.29) is 103 Å². The summed E-state index contributed by atoms with van der Waals surface area (Å²) in [5, 5.41) is 32.6. The topological polar surface area (TPSA) is 95.2 Å². The normalized spacial score (nSPS) is 7.64. The van der Waals surface area contributed by atoms with Crippen molar-refractivity contribution < 1.29 is 119 Å². The molecule has 0 atom stereocenters. The van der Waals surface area contributed by atoms with Crippen molar-refractivity contribution in [2.45, 2.75) is 0 Å². The van der Waals surface area contributed by atoms with Crippen LogP contribution in [0.1, 0.15) is 0 Å². The largest absolute Gasteiger partial charge is 1.00 e. The van der Waals surface area contributed by atoms with Crippen LogP contribution < -0.4 is 103 Å². The van der Waals surface area contributed by atoms with Gasteiger partial charge in [-0.2, -0.15) is 0 Å². The second-order valence-electron chi connectivity index (χ2n) is 0.757. The van der Waals surface area contributed by atoms with Crippen molar-refractivity contribution in [3.8, 4) is 17.8 Å². The van der Waals surface area contributed by atoms with Crippen LogP contribution >= 0.6 is 0 Å². The zero-order valence-corrected chi connectivity index (χ0v) is 14.6. The first-order valence-electron chi connectivity index (χ1n) is 1.53. The second-order valence-corrected chi connectivity index (χ2v) is 6.20. The van der Waals surface area contributed by atoms with E-state index in [4.69, 9.17) is 21.0 Å². The summed E-state index contributed by atoms with van der Waals surface area (Å²) in [7, 11) is 0. The fourth-order valence-corrected chi connectivity index (χ4v) is 0.777. The van der Waals surface area contributed by atoms with Crippen LogP contribution in [0.5, 0.6) is 0 Å². The van der Waals surface area contributed by atoms with Crippen molar-refractivity contribution in [1.29, 1.82) is 21.0 Å². The van der Waals surface area contributed by atoms with E-state index in [2.05, 4.69) is 0 Å². The van der Waals surface area contributed by atoms with Crippen molar-refractivity contribution in [3.05, 3.63) is 0 Å². The minimum Gasteiger partial charge on any atom is 1.00 e. The predicted molar refractivity (Wildman–Crippen MR) is 22.5 cm³/mol. The van der Waals surface area contributed by atoms with Gasteiger partial charge in [0.05, 0.1) is 0 Å². The molecule has 4 nitrogen and oxygen atoms in total. The third-order valence-corrected chi connectivity index (χ3v) is 3.47. The molecule has 0 saturated carbocycles. The third-order valence-electron chi connectivity index (χ3n) is 0.424. The molecule has 0 N–H and O–H groups in total. The van der Waals surface area contributed by atoms with Crippen LogP contribution in [-0.2, 0) is 16.1 Å². The standard InChI is InChI=1S/4CN.2K.Pt/c4*1-2;;;/q;;;;2*+1;-2. The van der Waals surface area contributed by atoms with Crippen LogP contribution in [0.25, 0.3) is 0 Å². The van der Waals surface area contributed by atoms with Crippen LogP contribution in [0, 0.1) is 38.9 Å². The molecule has 0 radical (unpaired) electrons. The average molecular weight is 377 g/mol. The van der Waals surface area contributed by atoms with Crippen LogP contribution in [-0.4, -0.2) is 0 Å². The molecule has 0 aliphatic rings. The van der Waals surface area contributed by atoms with Crippen molar-refractivity contribution in [2.75, 3.05) is 0 Å². The summed E-state index contributed by atoms with van der Waals surface area (Å²) in [4.78, 5) is 0. The summed E-state index contributed by atoms with van der Waals surface area (Å²) >= 11 is -3.88. The maximum atomic E-state index is 8.14. The zero-order chi connectivity index (χ0) is 7.33. The van der Waals surface area contributed by atoms with Crippen LogP contribution in [0.15, 0.2) is 0 Å². The van der Waals surface area contributed by atoms with E-state index in [0.29, 0.717) is 0 Å². The Morgan fingerprint density at radius 2 is 0.818 bits per heavy atom. The zero-order valence-electron chi connectivity index (χ0n) is 6.11. The van der Waals surface area contributed by atoms with Crippen molar-refractivity contribution in [1.82, 2.24) is 0 Å². The Hall–Kier alpha value is 1.92. The molecule has 0 aliphatic heterocycles. The van der Waals surface area contributed by atoms with Gasteiger partial charge >= 0.3 is 158 Å². The van der Waals surface area contributed by atoms with Crippen molar-refractivity contribution >= 4 is 0 Å². The molecule has 0 heterocycles. The Bertz CT molecular complexity index is 213. The van der Waals surface area contributed by atoms with Gasteiger partial charge in [0, 0.05) is 0 Å². The smallest absolute Gasteiger partial charge is 1.00 e. The number of rotatable bonds is 0. The molecule has 0 unspecified atom stereocenters. The molecular weight excluding hydrogens is 377 g/mol. The van der Waals surface area contributed by atoms with E-state index in [1.807, 2.05) is 0 Å². The summed E-state index contributed by atoms with van der Waals surface area (Å²) in [5.74, 6) is 0. The van der Waals surface area contributed by atoms with Gasteiger partial charge in [-0.3, -0.25) is 0 Å². The summed E-state index contributed by atoms with van der Waals surface area (Å²) in [6.07, 6.45) is 0. The molecule has 0 aromatic heterocycles. The molecule has 0 amide bonds. The predicted octanol–water partition coefficient (Wildman–Crippen LogP) is -5.93. The molecule has 7 heteroatoms. The molecular formula is C4K2N4Pt. The molecule has 0 aliphatic carbocycles. The van der Waals surface area contributed by atoms with Crippen LogP contribution in [0.2, 0.25) is 0 Å². The number of hydrogen-bond acceptors (Lipinski definition) is 4. The number of nitrogens with zero attached hydrogens (tertiary/aromatic N) is 4. The van der Waals surface area contributed by atoms with Gasteiger partial charge in [-0.1, -0.05) is 0 Å². The Kier molecular flexibility index (Phi) is 17.0. The molecule has 0 aromatic rings. The van der Waals surface area contributed by atoms with Crippen molar-refractivity contribution in [2.24, 2.45) is 0 Å². The van der Waals surface area contributed by atoms with Gasteiger partial charge in [0.1, 0.15) is 0 Å². The van der Waals surface area contributed by atoms with E-state index in [1.165, 1.54) is 17.8 Å². The Balaban J connectivity index is -0.000000320. The summed E-state index contributed by atoms with van der Waals surface area (Å²) in [5.41, 5.74) is 0. The van der Waals surface area contributed by atoms with E-state index >= 15 is 0 Å². The second kappa shape index (κ2) is 10.0. The van der Waals surface area contributed by atoms with Gasteiger partial charge in [0.2, 0.25) is 0 Å². The van der Waals surface area contributed by atoms with E-state index in [9.17, 15) is 0 Å². The molecule has 48 valence electrons. The number of hydrogen-bond donors (Lipinski definition) is 0. The summed E-state index contributed by atoms with van der Waals surface area (Å²) in [6, 6.07) is 0. The SMILES string of the molecule is N#[C][Pt-2]([C]#N)([C]#N)[C]#N.[K+].[K+]. The molecule has 0 spiro atoms. The van der Waals surface area contributed by atoms with Gasteiger partial charge in [0.15, 0.2) is 0 Å². The average Bonchev–Trinajstić information content (AvgIpc) is 1.95. The van der Waals surface area contributed by atoms with Crippen LogP contribution in [0.3, 0.4) is 0 Å². The first-order valence-corrected chi connectivity index (χ1v) is 6.07. The molecule has 0 rings (SSSR count). The fourth-order valence-electron chi connectivity index (χ4n) is 0.0949. The fraction of sp³-hybridized carbons (Fsp3) is 0. The quantitative estimate of drug-likeness (QED) is 0.393. The maximum Gasteiger partial charge on any atom is 1.00 e. The van der Waals surface area contributed by atoms with E-state index in [0.717, 1.165) is 0 Å². The Labute approximate surface area is 153 Å². The van der Waals surface area contributed by atoms with Crippen LogP contribution in [0.4, 0.5) is 0 Å². The number of nitriles is 4. The summed E-state index contributed by atoms with van der Waals surface area (Å²) < 4.78 is 5.85. The van der Waals surface area contributed by atoms with Gasteiger partial charge in [-0.15, -0.1) is 0 Å². The summed E-state index contributed by atoms with van der Waals surface area (Å²) in [6.45, 7) is 0. The molecule has 0 aromatic carbocycles. The Morgan fingerprint density at radius 3 is 0.818 bits per heavy atom. The van der Waals surface area contributed by atoms with Gasteiger partial charge < -0.3 is 0 Å². The first-order chi connectivity index (χ1) is 4.24. The molecule has 0 bridgehead atoms. The minimum absolute atomic E-state index is 0. The monoisotopic (exact) mass is 377 g/mol. The minimum atomic E-state index is -3.88. The van der Waals surface area contributed by atoms with E-state index < -0.39 is 16.1 Å². The third kappa shape index (κ3) is 6.05. The first kappa shape index (κ1) is 18.7. The van der Waals surface area contributed by atoms with Gasteiger partial charge in [-0.05, 0) is 0 Å². The van der Waals surface area contributed by atoms with Gasteiger partial charge in [-0.25, -0.2) is 0 Å². The Morgan fingerprint density at radius 1 is 0.636 bits per heavy atom. The maximum absolute atomic E-state index is 8.14. The molecule has 0 fully saturated rings.